The predicted molar refractivity (Wildman–Crippen MR) is 149 cm³/mol. The lowest BCUT2D eigenvalue weighted by molar-refractivity contribution is -0.0654. The van der Waals surface area contributed by atoms with Gasteiger partial charge in [-0.3, -0.25) is 0 Å². The topological polar surface area (TPSA) is 149 Å². The fourth-order valence-electron chi connectivity index (χ4n) is 5.92. The zero-order chi connectivity index (χ0) is 27.7. The molecule has 11 heteroatoms. The number of imidazole rings is 1. The summed E-state index contributed by atoms with van der Waals surface area (Å²) in [4.78, 5) is 28.8. The van der Waals surface area contributed by atoms with Crippen molar-refractivity contribution in [2.75, 3.05) is 13.2 Å². The SMILES string of the molecule is CC1CCC(Cn2c(C(C)(O)C3CCOCC3)nc3nc(/C(N)=N/C(=O)O)nc(-c4cccc(Cl)c4)c32)CC1. The molecule has 1 aliphatic heterocycles. The molecule has 2 aromatic heterocycles. The minimum Gasteiger partial charge on any atom is -0.463 e. The number of benzene rings is 1. The predicted octanol–water partition coefficient (Wildman–Crippen LogP) is 4.99. The lowest BCUT2D eigenvalue weighted by Crippen LogP contribution is -2.38. The van der Waals surface area contributed by atoms with Crippen molar-refractivity contribution in [2.45, 2.75) is 64.5 Å². The van der Waals surface area contributed by atoms with Crippen LogP contribution in [0.15, 0.2) is 29.3 Å². The number of rotatable bonds is 6. The molecule has 1 unspecified atom stereocenters. The van der Waals surface area contributed by atoms with Crippen LogP contribution in [0, 0.1) is 17.8 Å². The molecule has 2 aliphatic rings. The van der Waals surface area contributed by atoms with Gasteiger partial charge in [0, 0.05) is 30.3 Å². The summed E-state index contributed by atoms with van der Waals surface area (Å²) in [5.41, 5.74) is 6.93. The molecule has 0 spiro atoms. The van der Waals surface area contributed by atoms with Crippen molar-refractivity contribution in [3.8, 4) is 11.3 Å². The van der Waals surface area contributed by atoms with Gasteiger partial charge >= 0.3 is 6.09 Å². The van der Waals surface area contributed by atoms with E-state index in [4.69, 9.17) is 27.1 Å². The third-order valence-electron chi connectivity index (χ3n) is 8.19. The molecule has 3 aromatic rings. The molecule has 1 saturated carbocycles. The van der Waals surface area contributed by atoms with Crippen molar-refractivity contribution in [3.63, 3.8) is 0 Å². The van der Waals surface area contributed by atoms with Gasteiger partial charge in [0.15, 0.2) is 17.3 Å². The number of hydrogen-bond donors (Lipinski definition) is 3. The summed E-state index contributed by atoms with van der Waals surface area (Å²) in [5.74, 6) is 1.21. The van der Waals surface area contributed by atoms with Crippen LogP contribution in [0.25, 0.3) is 22.4 Å². The summed E-state index contributed by atoms with van der Waals surface area (Å²) < 4.78 is 7.64. The third kappa shape index (κ3) is 5.78. The Hall–Kier alpha value is -3.08. The van der Waals surface area contributed by atoms with Gasteiger partial charge in [0.1, 0.15) is 22.6 Å². The Morgan fingerprint density at radius 2 is 1.90 bits per heavy atom. The number of amides is 1. The normalized spacial score (nSPS) is 22.6. The Balaban J connectivity index is 1.75. The number of halogens is 1. The van der Waals surface area contributed by atoms with E-state index in [1.165, 1.54) is 0 Å². The van der Waals surface area contributed by atoms with E-state index in [1.807, 2.05) is 19.1 Å². The number of amidine groups is 1. The monoisotopic (exact) mass is 554 g/mol. The quantitative estimate of drug-likeness (QED) is 0.285. The molecule has 1 aliphatic carbocycles. The number of ether oxygens (including phenoxy) is 1. The highest BCUT2D eigenvalue weighted by molar-refractivity contribution is 6.30. The van der Waals surface area contributed by atoms with E-state index >= 15 is 0 Å². The summed E-state index contributed by atoms with van der Waals surface area (Å²) >= 11 is 6.36. The summed E-state index contributed by atoms with van der Waals surface area (Å²) in [5, 5.41) is 21.7. The van der Waals surface area contributed by atoms with Crippen LogP contribution in [0.2, 0.25) is 5.02 Å². The second-order valence-corrected chi connectivity index (χ2v) is 11.5. The van der Waals surface area contributed by atoms with Crippen molar-refractivity contribution < 1.29 is 19.7 Å². The fourth-order valence-corrected chi connectivity index (χ4v) is 6.11. The van der Waals surface area contributed by atoms with E-state index in [2.05, 4.69) is 26.5 Å². The van der Waals surface area contributed by atoms with E-state index < -0.39 is 11.7 Å². The average molecular weight is 555 g/mol. The van der Waals surface area contributed by atoms with Crippen LogP contribution in [0.5, 0.6) is 0 Å². The van der Waals surface area contributed by atoms with Crippen molar-refractivity contribution in [1.82, 2.24) is 19.5 Å². The Labute approximate surface area is 232 Å². The van der Waals surface area contributed by atoms with E-state index in [0.29, 0.717) is 77.7 Å². The van der Waals surface area contributed by atoms with Crippen LogP contribution >= 0.6 is 11.6 Å². The van der Waals surface area contributed by atoms with Crippen molar-refractivity contribution in [1.29, 1.82) is 0 Å². The second-order valence-electron chi connectivity index (χ2n) is 11.1. The second kappa shape index (κ2) is 11.2. The Kier molecular flexibility index (Phi) is 7.89. The largest absolute Gasteiger partial charge is 0.463 e. The first-order chi connectivity index (χ1) is 18.6. The maximum Gasteiger partial charge on any atom is 0.433 e. The molecule has 2 fully saturated rings. The van der Waals surface area contributed by atoms with Crippen LogP contribution in [-0.2, 0) is 16.9 Å². The maximum atomic E-state index is 12.0. The maximum absolute atomic E-state index is 12.0. The van der Waals surface area contributed by atoms with Gasteiger partial charge in [-0.05, 0) is 62.5 Å². The number of aliphatic hydroxyl groups is 1. The van der Waals surface area contributed by atoms with Crippen LogP contribution in [0.4, 0.5) is 4.79 Å². The highest BCUT2D eigenvalue weighted by atomic mass is 35.5. The van der Waals surface area contributed by atoms with Gasteiger partial charge in [-0.1, -0.05) is 43.5 Å². The first-order valence-corrected chi connectivity index (χ1v) is 13.9. The third-order valence-corrected chi connectivity index (χ3v) is 8.43. The van der Waals surface area contributed by atoms with Gasteiger partial charge in [0.2, 0.25) is 0 Å². The summed E-state index contributed by atoms with van der Waals surface area (Å²) in [6.45, 7) is 5.94. The van der Waals surface area contributed by atoms with Crippen molar-refractivity contribution >= 4 is 34.7 Å². The Morgan fingerprint density at radius 3 is 2.56 bits per heavy atom. The van der Waals surface area contributed by atoms with Gasteiger partial charge < -0.3 is 25.3 Å². The van der Waals surface area contributed by atoms with E-state index in [0.717, 1.165) is 25.7 Å². The molecule has 1 saturated heterocycles. The summed E-state index contributed by atoms with van der Waals surface area (Å²) in [6, 6.07) is 7.25. The lowest BCUT2D eigenvalue weighted by atomic mass is 9.81. The molecule has 208 valence electrons. The van der Waals surface area contributed by atoms with Crippen LogP contribution in [-0.4, -0.2) is 54.9 Å². The number of carboxylic acid groups (broad SMARTS) is 1. The molecule has 1 aromatic carbocycles. The number of aromatic nitrogens is 4. The summed E-state index contributed by atoms with van der Waals surface area (Å²) in [6.07, 6.45) is 4.48. The van der Waals surface area contributed by atoms with Gasteiger partial charge in [0.05, 0.1) is 0 Å². The van der Waals surface area contributed by atoms with Crippen LogP contribution in [0.3, 0.4) is 0 Å². The molecular formula is C28H35ClN6O4. The molecule has 1 amide bonds. The zero-order valence-electron chi connectivity index (χ0n) is 22.3. The number of nitrogens with two attached hydrogens (primary N) is 1. The Morgan fingerprint density at radius 1 is 1.18 bits per heavy atom. The van der Waals surface area contributed by atoms with E-state index in [-0.39, 0.29) is 17.6 Å². The minimum absolute atomic E-state index is 0.0473. The van der Waals surface area contributed by atoms with E-state index in [1.54, 1.807) is 12.1 Å². The highest BCUT2D eigenvalue weighted by Crippen LogP contribution is 2.40. The lowest BCUT2D eigenvalue weighted by Gasteiger charge is -2.36. The molecule has 4 N–H and O–H groups in total. The van der Waals surface area contributed by atoms with Crippen molar-refractivity contribution in [3.05, 3.63) is 40.9 Å². The molecule has 39 heavy (non-hydrogen) atoms. The number of aliphatic imine (C=N–C) groups is 1. The molecular weight excluding hydrogens is 520 g/mol. The van der Waals surface area contributed by atoms with Crippen LogP contribution in [0.1, 0.15) is 64.0 Å². The Bertz CT molecular complexity index is 1390. The highest BCUT2D eigenvalue weighted by Gasteiger charge is 2.40. The van der Waals surface area contributed by atoms with Crippen molar-refractivity contribution in [2.24, 2.45) is 28.5 Å². The zero-order valence-corrected chi connectivity index (χ0v) is 23.1. The molecule has 0 radical (unpaired) electrons. The van der Waals surface area contributed by atoms with E-state index in [9.17, 15) is 15.0 Å². The average Bonchev–Trinajstić information content (AvgIpc) is 3.28. The molecule has 0 bridgehead atoms. The smallest absolute Gasteiger partial charge is 0.433 e. The van der Waals surface area contributed by atoms with Gasteiger partial charge in [0.25, 0.3) is 0 Å². The number of fused-ring (bicyclic) bond motifs is 1. The number of nitrogens with zero attached hydrogens (tertiary/aromatic N) is 5. The number of hydrogen-bond acceptors (Lipinski definition) is 6. The first kappa shape index (κ1) is 27.5. The number of carbonyl (C=O) groups is 1. The molecule has 3 heterocycles. The fraction of sp³-hybridized carbons (Fsp3) is 0.536. The molecule has 1 atom stereocenters. The minimum atomic E-state index is -1.44. The molecule has 5 rings (SSSR count). The molecule has 10 nitrogen and oxygen atoms in total. The standard InChI is InChI=1S/C28H35ClN6O4/c1-16-6-8-17(9-7-16)15-35-22-21(18-4-3-5-20(29)14-18)31-25(23(30)32-27(36)37)33-24(22)34-26(35)28(2,38)19-10-12-39-13-11-19/h3-5,14,16-17,19,38H,6-13,15H2,1-2H3,(H2,30,32)(H,36,37). The van der Waals surface area contributed by atoms with Crippen LogP contribution < -0.4 is 5.73 Å². The van der Waals surface area contributed by atoms with Gasteiger partial charge in [-0.25, -0.2) is 19.7 Å². The summed E-state index contributed by atoms with van der Waals surface area (Å²) in [7, 11) is 0. The van der Waals surface area contributed by atoms with Gasteiger partial charge in [-0.15, -0.1) is 0 Å². The van der Waals surface area contributed by atoms with Gasteiger partial charge in [-0.2, -0.15) is 4.99 Å². The first-order valence-electron chi connectivity index (χ1n) is 13.6.